The Kier molecular flexibility index (Phi) is 3.77. The normalized spacial score (nSPS) is 11.9. The van der Waals surface area contributed by atoms with E-state index in [1.165, 1.54) is 11.1 Å². The van der Waals surface area contributed by atoms with Crippen molar-refractivity contribution in [3.63, 3.8) is 0 Å². The summed E-state index contributed by atoms with van der Waals surface area (Å²) < 4.78 is 0. The van der Waals surface area contributed by atoms with Crippen LogP contribution < -0.4 is 0 Å². The van der Waals surface area contributed by atoms with E-state index < -0.39 is 0 Å². The second-order valence-corrected chi connectivity index (χ2v) is 2.84. The predicted molar refractivity (Wildman–Crippen MR) is 59.4 cm³/mol. The van der Waals surface area contributed by atoms with E-state index in [-0.39, 0.29) is 0 Å². The molecule has 0 radical (unpaired) electrons. The first-order valence-electron chi connectivity index (χ1n) is 4.36. The minimum atomic E-state index is 1.26. The highest BCUT2D eigenvalue weighted by Gasteiger charge is 1.89. The van der Waals surface area contributed by atoms with Crippen LogP contribution in [0.1, 0.15) is 12.5 Å². The lowest BCUT2D eigenvalue weighted by atomic mass is 10.1. The maximum Gasteiger partial charge on any atom is -0.0227 e. The molecule has 0 aromatic heterocycles. The zero-order chi connectivity index (χ0) is 9.52. The zero-order valence-electron chi connectivity index (χ0n) is 7.90. The summed E-state index contributed by atoms with van der Waals surface area (Å²) in [5.74, 6) is 0. The van der Waals surface area contributed by atoms with Gasteiger partial charge < -0.3 is 0 Å². The molecule has 0 bridgehead atoms. The highest BCUT2D eigenvalue weighted by atomic mass is 13.9. The molecule has 0 saturated carbocycles. The minimum absolute atomic E-state index is 1.26. The first kappa shape index (κ1) is 9.53. The van der Waals surface area contributed by atoms with Gasteiger partial charge in [-0.3, -0.25) is 0 Å². The fraction of sp³-hybridized carbons (Fsp3) is 0.0769. The van der Waals surface area contributed by atoms with Gasteiger partial charge in [-0.1, -0.05) is 61.2 Å². The fourth-order valence-corrected chi connectivity index (χ4v) is 1.08. The first-order chi connectivity index (χ1) is 6.34. The summed E-state index contributed by atoms with van der Waals surface area (Å²) in [5.41, 5.74) is 2.52. The largest absolute Gasteiger partial charge is 0.0991 e. The van der Waals surface area contributed by atoms with Crippen molar-refractivity contribution in [1.29, 1.82) is 0 Å². The van der Waals surface area contributed by atoms with E-state index in [0.717, 1.165) is 0 Å². The Balaban J connectivity index is 2.79. The molecule has 0 aliphatic heterocycles. The smallest absolute Gasteiger partial charge is 0.0227 e. The summed E-state index contributed by atoms with van der Waals surface area (Å²) in [6.07, 6.45) is 7.77. The molecule has 0 aliphatic carbocycles. The molecular weight excluding hydrogens is 156 g/mol. The van der Waals surface area contributed by atoms with E-state index in [0.29, 0.717) is 0 Å². The number of allylic oxidation sites excluding steroid dienone is 5. The lowest BCUT2D eigenvalue weighted by Crippen LogP contribution is -1.75. The van der Waals surface area contributed by atoms with Gasteiger partial charge in [0.25, 0.3) is 0 Å². The van der Waals surface area contributed by atoms with Crippen molar-refractivity contribution in [2.75, 3.05) is 0 Å². The van der Waals surface area contributed by atoms with Gasteiger partial charge >= 0.3 is 0 Å². The van der Waals surface area contributed by atoms with Gasteiger partial charge in [-0.25, -0.2) is 0 Å². The van der Waals surface area contributed by atoms with Crippen LogP contribution in [0, 0.1) is 0 Å². The van der Waals surface area contributed by atoms with Gasteiger partial charge in [0.05, 0.1) is 0 Å². The van der Waals surface area contributed by atoms with Gasteiger partial charge in [-0.2, -0.15) is 0 Å². The molecule has 66 valence electrons. The first-order valence-corrected chi connectivity index (χ1v) is 4.36. The molecule has 1 aromatic rings. The second-order valence-electron chi connectivity index (χ2n) is 2.84. The van der Waals surface area contributed by atoms with Gasteiger partial charge in [-0.15, -0.1) is 0 Å². The van der Waals surface area contributed by atoms with E-state index in [4.69, 9.17) is 0 Å². The van der Waals surface area contributed by atoms with Crippen LogP contribution in [0.3, 0.4) is 0 Å². The quantitative estimate of drug-likeness (QED) is 0.605. The Bertz CT molecular complexity index is 315. The monoisotopic (exact) mass is 170 g/mol. The Morgan fingerprint density at radius 1 is 1.15 bits per heavy atom. The molecule has 0 aliphatic rings. The van der Waals surface area contributed by atoms with Gasteiger partial charge in [0, 0.05) is 0 Å². The van der Waals surface area contributed by atoms with Crippen LogP contribution in [0.5, 0.6) is 0 Å². The van der Waals surface area contributed by atoms with Crippen LogP contribution >= 0.6 is 0 Å². The lowest BCUT2D eigenvalue weighted by Gasteiger charge is -1.97. The highest BCUT2D eigenvalue weighted by molar-refractivity contribution is 5.64. The van der Waals surface area contributed by atoms with E-state index in [9.17, 15) is 0 Å². The molecule has 0 fully saturated rings. The van der Waals surface area contributed by atoms with E-state index >= 15 is 0 Å². The standard InChI is InChI=1S/C13H14/c1-3-4-6-9-12(2)13-10-7-5-8-11-13/h3-11H,1H2,2H3/b6-4+,12-9+. The number of hydrogen-bond donors (Lipinski definition) is 0. The molecule has 0 heterocycles. The Morgan fingerprint density at radius 3 is 2.46 bits per heavy atom. The van der Waals surface area contributed by atoms with E-state index in [1.54, 1.807) is 6.08 Å². The zero-order valence-corrected chi connectivity index (χ0v) is 7.90. The van der Waals surface area contributed by atoms with Crippen LogP contribution in [0.15, 0.2) is 61.2 Å². The number of rotatable bonds is 3. The third kappa shape index (κ3) is 3.12. The van der Waals surface area contributed by atoms with Crippen LogP contribution in [0.2, 0.25) is 0 Å². The van der Waals surface area contributed by atoms with Crippen LogP contribution in [0.4, 0.5) is 0 Å². The molecule has 0 unspecified atom stereocenters. The van der Waals surface area contributed by atoms with Crippen molar-refractivity contribution in [3.05, 3.63) is 66.8 Å². The van der Waals surface area contributed by atoms with Crippen LogP contribution in [-0.2, 0) is 0 Å². The minimum Gasteiger partial charge on any atom is -0.0991 e. The fourth-order valence-electron chi connectivity index (χ4n) is 1.08. The summed E-state index contributed by atoms with van der Waals surface area (Å²) in [5, 5.41) is 0. The SMILES string of the molecule is C=C/C=C/C=C(\C)c1ccccc1. The predicted octanol–water partition coefficient (Wildman–Crippen LogP) is 3.83. The summed E-state index contributed by atoms with van der Waals surface area (Å²) in [6.45, 7) is 5.71. The van der Waals surface area contributed by atoms with Crippen molar-refractivity contribution in [2.24, 2.45) is 0 Å². The molecule has 0 atom stereocenters. The van der Waals surface area contributed by atoms with E-state index in [2.05, 4.69) is 31.7 Å². The van der Waals surface area contributed by atoms with Gasteiger partial charge in [0.2, 0.25) is 0 Å². The molecule has 1 rings (SSSR count). The highest BCUT2D eigenvalue weighted by Crippen LogP contribution is 2.12. The lowest BCUT2D eigenvalue weighted by molar-refractivity contribution is 1.57. The van der Waals surface area contributed by atoms with Crippen molar-refractivity contribution in [3.8, 4) is 0 Å². The van der Waals surface area contributed by atoms with Crippen molar-refractivity contribution < 1.29 is 0 Å². The van der Waals surface area contributed by atoms with Gasteiger partial charge in [0.15, 0.2) is 0 Å². The van der Waals surface area contributed by atoms with Crippen LogP contribution in [-0.4, -0.2) is 0 Å². The maximum atomic E-state index is 3.61. The second kappa shape index (κ2) is 5.15. The Hall–Kier alpha value is -1.56. The molecule has 0 saturated heterocycles. The summed E-state index contributed by atoms with van der Waals surface area (Å²) >= 11 is 0. The molecule has 1 aromatic carbocycles. The van der Waals surface area contributed by atoms with Gasteiger partial charge in [-0.05, 0) is 18.1 Å². The van der Waals surface area contributed by atoms with Crippen molar-refractivity contribution in [2.45, 2.75) is 6.92 Å². The van der Waals surface area contributed by atoms with Crippen LogP contribution in [0.25, 0.3) is 5.57 Å². The summed E-state index contributed by atoms with van der Waals surface area (Å²) in [4.78, 5) is 0. The maximum absolute atomic E-state index is 3.61. The number of benzene rings is 1. The average Bonchev–Trinajstić information content (AvgIpc) is 2.19. The molecule has 0 heteroatoms. The van der Waals surface area contributed by atoms with Crippen molar-refractivity contribution in [1.82, 2.24) is 0 Å². The number of hydrogen-bond acceptors (Lipinski definition) is 0. The van der Waals surface area contributed by atoms with E-state index in [1.807, 2.05) is 30.4 Å². The molecule has 0 amide bonds. The Labute approximate surface area is 79.9 Å². The summed E-state index contributed by atoms with van der Waals surface area (Å²) in [6, 6.07) is 10.3. The molecular formula is C13H14. The molecule has 0 nitrogen and oxygen atoms in total. The molecule has 0 N–H and O–H groups in total. The molecule has 13 heavy (non-hydrogen) atoms. The van der Waals surface area contributed by atoms with Crippen molar-refractivity contribution >= 4 is 5.57 Å². The average molecular weight is 170 g/mol. The Morgan fingerprint density at radius 2 is 1.85 bits per heavy atom. The topological polar surface area (TPSA) is 0 Å². The molecule has 0 spiro atoms. The third-order valence-corrected chi connectivity index (χ3v) is 1.82. The summed E-state index contributed by atoms with van der Waals surface area (Å²) in [7, 11) is 0. The van der Waals surface area contributed by atoms with Gasteiger partial charge in [0.1, 0.15) is 0 Å². The third-order valence-electron chi connectivity index (χ3n) is 1.82.